The summed E-state index contributed by atoms with van der Waals surface area (Å²) in [5, 5.41) is 13.9. The van der Waals surface area contributed by atoms with Crippen molar-refractivity contribution in [3.8, 4) is 5.75 Å². The molecule has 26 heavy (non-hydrogen) atoms. The number of nitrogens with zero attached hydrogens (tertiary/aromatic N) is 2. The van der Waals surface area contributed by atoms with Gasteiger partial charge in [-0.15, -0.1) is 0 Å². The summed E-state index contributed by atoms with van der Waals surface area (Å²) in [6.07, 6.45) is 4.26. The van der Waals surface area contributed by atoms with E-state index in [0.29, 0.717) is 16.1 Å². The third-order valence-corrected chi connectivity index (χ3v) is 2.88. The number of aromatic nitrogens is 1. The first-order chi connectivity index (χ1) is 11.6. The van der Waals surface area contributed by atoms with Crippen LogP contribution in [0, 0.1) is 0 Å². The molecule has 1 aromatic carbocycles. The van der Waals surface area contributed by atoms with E-state index in [0.717, 1.165) is 0 Å². The van der Waals surface area contributed by atoms with Crippen molar-refractivity contribution in [2.24, 2.45) is 5.10 Å². The summed E-state index contributed by atoms with van der Waals surface area (Å²) in [7, 11) is -4.92. The Morgan fingerprint density at radius 1 is 1.27 bits per heavy atom. The number of hydrogen-bond donors (Lipinski definition) is 3. The number of phenols is 1. The van der Waals surface area contributed by atoms with Crippen LogP contribution in [0.15, 0.2) is 41.8 Å². The maximum Gasteiger partial charge on any atom is 2.00 e. The summed E-state index contributed by atoms with van der Waals surface area (Å²) < 4.78 is 32.8. The van der Waals surface area contributed by atoms with Gasteiger partial charge in [0.1, 0.15) is 5.75 Å². The molecule has 2 rings (SSSR count). The molecule has 3 N–H and O–H groups in total. The van der Waals surface area contributed by atoms with E-state index >= 15 is 0 Å². The Morgan fingerprint density at radius 3 is 2.35 bits per heavy atom. The van der Waals surface area contributed by atoms with Crippen molar-refractivity contribution in [3.63, 3.8) is 0 Å². The van der Waals surface area contributed by atoms with Gasteiger partial charge in [-0.25, -0.2) is 13.8 Å². The van der Waals surface area contributed by atoms with Crippen molar-refractivity contribution in [1.82, 2.24) is 10.4 Å². The van der Waals surface area contributed by atoms with Crippen molar-refractivity contribution in [2.75, 3.05) is 0 Å². The number of nitrogens with one attached hydrogen (secondary N) is 1. The van der Waals surface area contributed by atoms with Crippen molar-refractivity contribution < 1.29 is 44.5 Å². The van der Waals surface area contributed by atoms with Crippen LogP contribution >= 0.6 is 23.2 Å². The van der Waals surface area contributed by atoms with Gasteiger partial charge in [0, 0.05) is 28.5 Å². The van der Waals surface area contributed by atoms with Crippen LogP contribution in [0.25, 0.3) is 0 Å². The Kier molecular flexibility index (Phi) is 10.4. The van der Waals surface area contributed by atoms with Crippen LogP contribution in [0.3, 0.4) is 0 Å². The van der Waals surface area contributed by atoms with Crippen LogP contribution in [-0.4, -0.2) is 39.7 Å². The number of hydrazone groups is 1. The standard InChI is InChI=1S/C13H9Cl2N3O2.Fe.H2O4S/c14-10-5-9(12(19)11(15)6-10)7-17-18-13(20)8-1-3-16-4-2-8;;1-5(2,3)4/h1-7,19H,(H,18,20);;(H2,1,2,3,4)/q;+2;/p-1. The van der Waals surface area contributed by atoms with Crippen molar-refractivity contribution in [3.05, 3.63) is 57.8 Å². The molecule has 13 heteroatoms. The SMILES string of the molecule is O=C(NN=Cc1cc(Cl)cc(Cl)c1O)c1ccncc1.O=S(=O)([O-])O.[Fe+2]. The molecule has 2 aromatic rings. The minimum Gasteiger partial charge on any atom is -0.726 e. The van der Waals surface area contributed by atoms with Gasteiger partial charge in [0.05, 0.1) is 11.2 Å². The summed E-state index contributed by atoms with van der Waals surface area (Å²) in [4.78, 5) is 15.5. The number of amides is 1. The molecule has 0 fully saturated rings. The van der Waals surface area contributed by atoms with Crippen LogP contribution in [0.4, 0.5) is 0 Å². The zero-order chi connectivity index (χ0) is 19.0. The number of phenolic OH excluding ortho intramolecular Hbond substituents is 1. The quantitative estimate of drug-likeness (QED) is 0.207. The normalized spacial score (nSPS) is 10.5. The fraction of sp³-hybridized carbons (Fsp3) is 0. The fourth-order valence-corrected chi connectivity index (χ4v) is 1.92. The van der Waals surface area contributed by atoms with E-state index in [1.807, 2.05) is 0 Å². The number of pyridine rings is 1. The van der Waals surface area contributed by atoms with Gasteiger partial charge in [-0.2, -0.15) is 5.10 Å². The molecule has 0 aliphatic carbocycles. The van der Waals surface area contributed by atoms with Gasteiger partial charge in [0.15, 0.2) is 0 Å². The molecule has 0 saturated carbocycles. The Labute approximate surface area is 169 Å². The number of aromatic hydroxyl groups is 1. The Hall–Kier alpha value is -1.72. The molecule has 0 radical (unpaired) electrons. The second-order valence-corrected chi connectivity index (χ2v) is 5.89. The largest absolute Gasteiger partial charge is 2.00 e. The van der Waals surface area contributed by atoms with E-state index in [9.17, 15) is 9.90 Å². The average molecular weight is 463 g/mol. The molecule has 0 saturated heterocycles. The maximum atomic E-state index is 11.7. The zero-order valence-electron chi connectivity index (χ0n) is 12.5. The number of carbonyl (C=O) groups is 1. The third-order valence-electron chi connectivity index (χ3n) is 2.37. The van der Waals surface area contributed by atoms with Gasteiger partial charge in [0.25, 0.3) is 5.91 Å². The van der Waals surface area contributed by atoms with Gasteiger partial charge in [0.2, 0.25) is 10.4 Å². The Morgan fingerprint density at radius 2 is 1.81 bits per heavy atom. The molecule has 0 unspecified atom stereocenters. The average Bonchev–Trinajstić information content (AvgIpc) is 2.51. The predicted octanol–water partition coefficient (Wildman–Crippen LogP) is 1.86. The Bertz CT molecular complexity index is 873. The predicted molar refractivity (Wildman–Crippen MR) is 89.8 cm³/mol. The number of benzene rings is 1. The second-order valence-electron chi connectivity index (χ2n) is 4.19. The molecule has 1 aromatic heterocycles. The summed E-state index contributed by atoms with van der Waals surface area (Å²) in [5.74, 6) is -0.547. The molecule has 0 atom stereocenters. The smallest absolute Gasteiger partial charge is 0.726 e. The summed E-state index contributed by atoms with van der Waals surface area (Å²) in [5.41, 5.74) is 3.04. The van der Waals surface area contributed by atoms with E-state index in [-0.39, 0.29) is 27.8 Å². The first kappa shape index (κ1) is 24.3. The third kappa shape index (κ3) is 9.68. The van der Waals surface area contributed by atoms with Gasteiger partial charge < -0.3 is 9.66 Å². The molecule has 0 spiro atoms. The van der Waals surface area contributed by atoms with E-state index in [2.05, 4.69) is 15.5 Å². The van der Waals surface area contributed by atoms with Crippen LogP contribution in [0.5, 0.6) is 5.75 Å². The van der Waals surface area contributed by atoms with Crippen LogP contribution in [0.1, 0.15) is 15.9 Å². The van der Waals surface area contributed by atoms with Gasteiger partial charge in [-0.1, -0.05) is 23.2 Å². The number of halogens is 2. The number of carbonyl (C=O) groups excluding carboxylic acids is 1. The molecule has 0 bridgehead atoms. The van der Waals surface area contributed by atoms with Gasteiger partial charge >= 0.3 is 17.1 Å². The van der Waals surface area contributed by atoms with E-state index < -0.39 is 16.3 Å². The van der Waals surface area contributed by atoms with E-state index in [4.69, 9.17) is 40.7 Å². The van der Waals surface area contributed by atoms with Gasteiger partial charge in [-0.05, 0) is 24.3 Å². The van der Waals surface area contributed by atoms with Crippen LogP contribution < -0.4 is 5.43 Å². The molecular formula is C13H10Cl2FeN3O6S+. The molecule has 9 nitrogen and oxygen atoms in total. The van der Waals surface area contributed by atoms with E-state index in [1.165, 1.54) is 30.7 Å². The first-order valence-electron chi connectivity index (χ1n) is 6.17. The van der Waals surface area contributed by atoms with Crippen molar-refractivity contribution >= 4 is 45.7 Å². The summed E-state index contributed by atoms with van der Waals surface area (Å²) in [6.45, 7) is 0. The number of hydrogen-bond acceptors (Lipinski definition) is 7. The summed E-state index contributed by atoms with van der Waals surface area (Å²) in [6, 6.07) is 5.99. The molecule has 0 aliphatic rings. The van der Waals surface area contributed by atoms with Crippen LogP contribution in [-0.2, 0) is 27.5 Å². The zero-order valence-corrected chi connectivity index (χ0v) is 15.9. The second kappa shape index (κ2) is 11.1. The van der Waals surface area contributed by atoms with Crippen molar-refractivity contribution in [1.29, 1.82) is 0 Å². The molecule has 140 valence electrons. The minimum atomic E-state index is -4.92. The minimum absolute atomic E-state index is 0. The molecular weight excluding hydrogens is 453 g/mol. The molecule has 1 amide bonds. The Balaban J connectivity index is 0.000000923. The van der Waals surface area contributed by atoms with E-state index in [1.54, 1.807) is 12.1 Å². The fourth-order valence-electron chi connectivity index (χ4n) is 1.41. The first-order valence-corrected chi connectivity index (χ1v) is 8.29. The molecule has 1 heterocycles. The summed E-state index contributed by atoms with van der Waals surface area (Å²) >= 11 is 11.6. The maximum absolute atomic E-state index is 11.7. The van der Waals surface area contributed by atoms with Gasteiger partial charge in [-0.3, -0.25) is 14.3 Å². The monoisotopic (exact) mass is 462 g/mol. The topological polar surface area (TPSA) is 152 Å². The van der Waals surface area contributed by atoms with Crippen LogP contribution in [0.2, 0.25) is 10.0 Å². The number of rotatable bonds is 3. The molecule has 0 aliphatic heterocycles. The van der Waals surface area contributed by atoms with Crippen molar-refractivity contribution in [2.45, 2.75) is 0 Å².